The quantitative estimate of drug-likeness (QED) is 0.0956. The SMILES string of the molecule is CC(C)(C)c1cc(Oc2[c-]c3c(cc2)c2cc(-c4ccccc4)ccc2n3-c2cc(C(C)(C)C)ccn2)[c-]c(-n2[c-][n+](-c3cc(-c4ccccc4)cc(C(C)(C)c4ccccc4)c3)c(C(C)(C)c3ccccc3)c2)c1.[Pt]. The van der Waals surface area contributed by atoms with Crippen LogP contribution in [-0.2, 0) is 42.7 Å². The van der Waals surface area contributed by atoms with Crippen LogP contribution in [0.15, 0.2) is 207 Å². The Labute approximate surface area is 463 Å². The van der Waals surface area contributed by atoms with Crippen LogP contribution >= 0.6 is 0 Å². The van der Waals surface area contributed by atoms with Gasteiger partial charge < -0.3 is 13.9 Å². The number of rotatable bonds is 11. The Morgan fingerprint density at radius 1 is 0.461 bits per heavy atom. The molecule has 0 saturated heterocycles. The maximum Gasteiger partial charge on any atom is 0.267 e. The maximum absolute atomic E-state index is 6.98. The normalized spacial score (nSPS) is 12.2. The summed E-state index contributed by atoms with van der Waals surface area (Å²) < 4.78 is 13.6. The molecule has 0 aliphatic carbocycles. The van der Waals surface area contributed by atoms with E-state index in [-0.39, 0.29) is 37.3 Å². The molecule has 0 N–H and O–H groups in total. The van der Waals surface area contributed by atoms with Crippen LogP contribution in [0.4, 0.5) is 0 Å². The molecule has 3 heterocycles. The molecule has 11 rings (SSSR count). The van der Waals surface area contributed by atoms with Crippen molar-refractivity contribution in [1.82, 2.24) is 14.1 Å². The molecule has 382 valence electrons. The molecule has 5 nitrogen and oxygen atoms in total. The van der Waals surface area contributed by atoms with Crippen molar-refractivity contribution in [1.29, 1.82) is 0 Å². The molecule has 6 heteroatoms. The van der Waals surface area contributed by atoms with E-state index in [1.165, 1.54) is 27.8 Å². The van der Waals surface area contributed by atoms with E-state index in [0.717, 1.165) is 66.9 Å². The van der Waals surface area contributed by atoms with Gasteiger partial charge in [-0.3, -0.25) is 4.57 Å². The monoisotopic (exact) mass is 1170 g/mol. The number of fused-ring (bicyclic) bond motifs is 3. The van der Waals surface area contributed by atoms with Crippen LogP contribution in [0.5, 0.6) is 11.5 Å². The zero-order valence-electron chi connectivity index (χ0n) is 45.1. The fourth-order valence-electron chi connectivity index (χ4n) is 10.4. The van der Waals surface area contributed by atoms with E-state index in [0.29, 0.717) is 11.5 Å². The van der Waals surface area contributed by atoms with Crippen LogP contribution in [0.2, 0.25) is 0 Å². The second-order valence-corrected chi connectivity index (χ2v) is 23.1. The third-order valence-electron chi connectivity index (χ3n) is 15.1. The van der Waals surface area contributed by atoms with Crippen molar-refractivity contribution >= 4 is 21.8 Å². The van der Waals surface area contributed by atoms with Crippen LogP contribution in [0.1, 0.15) is 103 Å². The molecule has 0 bridgehead atoms. The number of imidazole rings is 1. The first kappa shape index (κ1) is 51.9. The fourth-order valence-corrected chi connectivity index (χ4v) is 10.4. The molecule has 0 unspecified atom stereocenters. The number of aromatic nitrogens is 4. The molecule has 0 spiro atoms. The van der Waals surface area contributed by atoms with Gasteiger partial charge in [0, 0.05) is 61.3 Å². The predicted molar refractivity (Wildman–Crippen MR) is 308 cm³/mol. The van der Waals surface area contributed by atoms with Crippen molar-refractivity contribution in [2.24, 2.45) is 0 Å². The first-order valence-electron chi connectivity index (χ1n) is 26.1. The van der Waals surface area contributed by atoms with E-state index in [1.54, 1.807) is 0 Å². The number of hydrogen-bond acceptors (Lipinski definition) is 2. The minimum absolute atomic E-state index is 0. The van der Waals surface area contributed by atoms with Gasteiger partial charge in [0.05, 0.1) is 11.4 Å². The Hall–Kier alpha value is -7.59. The molecule has 3 aromatic heterocycles. The predicted octanol–water partition coefficient (Wildman–Crippen LogP) is 17.0. The average Bonchev–Trinajstić information content (AvgIpc) is 4.05. The summed E-state index contributed by atoms with van der Waals surface area (Å²) in [6.07, 6.45) is 8.03. The summed E-state index contributed by atoms with van der Waals surface area (Å²) in [6, 6.07) is 76.8. The Bertz CT molecular complexity index is 3860. The van der Waals surface area contributed by atoms with Gasteiger partial charge in [0.25, 0.3) is 6.33 Å². The Morgan fingerprint density at radius 2 is 1.07 bits per heavy atom. The Morgan fingerprint density at radius 3 is 1.70 bits per heavy atom. The second kappa shape index (κ2) is 20.2. The van der Waals surface area contributed by atoms with Crippen molar-refractivity contribution in [2.45, 2.75) is 90.9 Å². The smallest absolute Gasteiger partial charge is 0.267 e. The first-order valence-corrected chi connectivity index (χ1v) is 26.1. The summed E-state index contributed by atoms with van der Waals surface area (Å²) >= 11 is 0. The van der Waals surface area contributed by atoms with Crippen molar-refractivity contribution < 1.29 is 30.4 Å². The first-order chi connectivity index (χ1) is 35.9. The molecule has 0 fully saturated rings. The minimum atomic E-state index is -0.437. The third kappa shape index (κ3) is 10.0. The average molecular weight is 1170 g/mol. The summed E-state index contributed by atoms with van der Waals surface area (Å²) in [6.45, 7) is 22.7. The summed E-state index contributed by atoms with van der Waals surface area (Å²) in [5.74, 6) is 2.01. The largest absolute Gasteiger partial charge is 0.510 e. The number of hydrogen-bond donors (Lipinski definition) is 0. The van der Waals surface area contributed by atoms with Gasteiger partial charge >= 0.3 is 0 Å². The van der Waals surface area contributed by atoms with Gasteiger partial charge in [0.2, 0.25) is 0 Å². The van der Waals surface area contributed by atoms with Crippen molar-refractivity contribution in [3.8, 4) is 50.9 Å². The van der Waals surface area contributed by atoms with Crippen LogP contribution in [-0.4, -0.2) is 14.1 Å². The topological polar surface area (TPSA) is 35.9 Å². The van der Waals surface area contributed by atoms with Gasteiger partial charge in [-0.15, -0.1) is 29.7 Å². The van der Waals surface area contributed by atoms with Crippen molar-refractivity contribution in [3.05, 3.63) is 258 Å². The molecule has 0 radical (unpaired) electrons. The van der Waals surface area contributed by atoms with E-state index in [1.807, 2.05) is 12.3 Å². The summed E-state index contributed by atoms with van der Waals surface area (Å²) in [7, 11) is 0. The molecule has 0 saturated carbocycles. The molecule has 76 heavy (non-hydrogen) atoms. The van der Waals surface area contributed by atoms with Crippen molar-refractivity contribution in [3.63, 3.8) is 0 Å². The van der Waals surface area contributed by atoms with Crippen LogP contribution < -0.4 is 9.30 Å². The van der Waals surface area contributed by atoms with Crippen LogP contribution in [0.3, 0.4) is 0 Å². The van der Waals surface area contributed by atoms with Crippen molar-refractivity contribution in [2.75, 3.05) is 0 Å². The van der Waals surface area contributed by atoms with Gasteiger partial charge in [0.15, 0.2) is 0 Å². The summed E-state index contributed by atoms with van der Waals surface area (Å²) in [5.41, 5.74) is 14.4. The van der Waals surface area contributed by atoms with Gasteiger partial charge in [-0.2, -0.15) is 17.7 Å². The van der Waals surface area contributed by atoms with Gasteiger partial charge in [-0.05, 0) is 96.7 Å². The second-order valence-electron chi connectivity index (χ2n) is 23.1. The molecular weight excluding hydrogens is 1110 g/mol. The molecule has 0 amide bonds. The zero-order chi connectivity index (χ0) is 52.3. The van der Waals surface area contributed by atoms with E-state index in [4.69, 9.17) is 9.72 Å². The van der Waals surface area contributed by atoms with E-state index in [2.05, 4.69) is 296 Å². The van der Waals surface area contributed by atoms with E-state index >= 15 is 0 Å². The number of pyridine rings is 1. The molecule has 0 aliphatic heterocycles. The van der Waals surface area contributed by atoms with Gasteiger partial charge in [-0.25, -0.2) is 4.98 Å². The molecule has 11 aromatic rings. The third-order valence-corrected chi connectivity index (χ3v) is 15.1. The number of nitrogens with zero attached hydrogens (tertiary/aromatic N) is 4. The van der Waals surface area contributed by atoms with E-state index < -0.39 is 5.41 Å². The number of ether oxygens (including phenoxy) is 1. The summed E-state index contributed by atoms with van der Waals surface area (Å²) in [4.78, 5) is 4.98. The molecule has 0 atom stereocenters. The van der Waals surface area contributed by atoms with Gasteiger partial charge in [-0.1, -0.05) is 214 Å². The standard InChI is InChI=1S/C70H64N4O.Pt/c1-67(2,3)54-35-36-71-66(43-54)74-63-34-31-50(48-23-15-11-16-24-48)39-62(63)61-33-32-59(45-64(61)74)75-60-42-55(68(4,5)6)40-57(44-60)72-46-65(70(9,10)53-29-21-14-22-30-53)73(47-72)58-38-51(49-25-17-12-18-26-49)37-56(41-58)69(7,8)52-27-19-13-20-28-52;/h11-43,46H,1-10H3;/q-2;. The Balaban J connectivity index is 0.00000657. The van der Waals surface area contributed by atoms with E-state index in [9.17, 15) is 0 Å². The molecular formula is C70H64N4OPt-2. The van der Waals surface area contributed by atoms with Crippen LogP contribution in [0.25, 0.3) is 61.3 Å². The Kier molecular flexibility index (Phi) is 13.8. The summed E-state index contributed by atoms with van der Waals surface area (Å²) in [5, 5.41) is 2.19. The zero-order valence-corrected chi connectivity index (χ0v) is 47.4. The molecule has 0 aliphatic rings. The van der Waals surface area contributed by atoms with Gasteiger partial charge in [0.1, 0.15) is 5.82 Å². The van der Waals surface area contributed by atoms with Crippen LogP contribution in [0, 0.1) is 18.5 Å². The maximum atomic E-state index is 6.98. The fraction of sp³-hybridized carbons (Fsp3) is 0.200. The number of benzene rings is 8. The molecule has 8 aromatic carbocycles. The minimum Gasteiger partial charge on any atom is -0.510 e.